The highest BCUT2D eigenvalue weighted by Gasteiger charge is 2.07. The van der Waals surface area contributed by atoms with Crippen LogP contribution >= 0.6 is 15.9 Å². The fourth-order valence-electron chi connectivity index (χ4n) is 1.88. The highest BCUT2D eigenvalue weighted by atomic mass is 79.9. The second-order valence-corrected chi connectivity index (χ2v) is 5.46. The Balaban J connectivity index is 2.17. The van der Waals surface area contributed by atoms with E-state index >= 15 is 0 Å². The van der Waals surface area contributed by atoms with E-state index in [9.17, 15) is 0 Å². The summed E-state index contributed by atoms with van der Waals surface area (Å²) >= 11 is 3.41. The van der Waals surface area contributed by atoms with E-state index in [4.69, 9.17) is 5.26 Å². The molecule has 0 unspecified atom stereocenters. The SMILES string of the molecule is CC(C)n1cncc1CNc1cc(Br)ccc1C#N. The van der Waals surface area contributed by atoms with Crippen LogP contribution in [0.4, 0.5) is 5.69 Å². The largest absolute Gasteiger partial charge is 0.378 e. The Morgan fingerprint density at radius 2 is 2.26 bits per heavy atom. The van der Waals surface area contributed by atoms with Crippen molar-refractivity contribution in [2.45, 2.75) is 26.4 Å². The summed E-state index contributed by atoms with van der Waals surface area (Å²) in [5, 5.41) is 12.4. The maximum Gasteiger partial charge on any atom is 0.101 e. The number of imidazole rings is 1. The third-order valence-electron chi connectivity index (χ3n) is 2.86. The van der Waals surface area contributed by atoms with Crippen LogP contribution in [0.5, 0.6) is 0 Å². The second-order valence-electron chi connectivity index (χ2n) is 4.54. The van der Waals surface area contributed by atoms with Crippen molar-refractivity contribution in [3.05, 3.63) is 46.5 Å². The Kier molecular flexibility index (Phi) is 4.23. The van der Waals surface area contributed by atoms with E-state index in [1.807, 2.05) is 24.7 Å². The first-order valence-corrected chi connectivity index (χ1v) is 6.85. The summed E-state index contributed by atoms with van der Waals surface area (Å²) in [5.74, 6) is 0. The lowest BCUT2D eigenvalue weighted by molar-refractivity contribution is 0.577. The molecule has 1 heterocycles. The Hall–Kier alpha value is -1.80. The maximum absolute atomic E-state index is 9.09. The van der Waals surface area contributed by atoms with E-state index in [-0.39, 0.29) is 0 Å². The van der Waals surface area contributed by atoms with Crippen LogP contribution in [-0.4, -0.2) is 9.55 Å². The molecule has 4 nitrogen and oxygen atoms in total. The average Bonchev–Trinajstić information content (AvgIpc) is 2.85. The molecule has 0 saturated carbocycles. The zero-order valence-corrected chi connectivity index (χ0v) is 12.5. The zero-order valence-electron chi connectivity index (χ0n) is 10.9. The third kappa shape index (κ3) is 3.15. The smallest absolute Gasteiger partial charge is 0.101 e. The molecule has 2 rings (SSSR count). The molecule has 0 saturated heterocycles. The van der Waals surface area contributed by atoms with E-state index in [2.05, 4.69) is 50.7 Å². The predicted molar refractivity (Wildman–Crippen MR) is 78.8 cm³/mol. The fraction of sp³-hybridized carbons (Fsp3) is 0.286. The summed E-state index contributed by atoms with van der Waals surface area (Å²) in [6.45, 7) is 4.87. The summed E-state index contributed by atoms with van der Waals surface area (Å²) in [5.41, 5.74) is 2.56. The normalized spacial score (nSPS) is 10.5. The van der Waals surface area contributed by atoms with Gasteiger partial charge in [-0.05, 0) is 32.0 Å². The molecule has 19 heavy (non-hydrogen) atoms. The third-order valence-corrected chi connectivity index (χ3v) is 3.36. The van der Waals surface area contributed by atoms with Gasteiger partial charge in [-0.3, -0.25) is 0 Å². The summed E-state index contributed by atoms with van der Waals surface area (Å²) in [6, 6.07) is 8.13. The van der Waals surface area contributed by atoms with Gasteiger partial charge in [0.15, 0.2) is 0 Å². The van der Waals surface area contributed by atoms with Gasteiger partial charge in [0.2, 0.25) is 0 Å². The van der Waals surface area contributed by atoms with Crippen molar-refractivity contribution in [2.75, 3.05) is 5.32 Å². The van der Waals surface area contributed by atoms with Crippen LogP contribution in [-0.2, 0) is 6.54 Å². The topological polar surface area (TPSA) is 53.6 Å². The van der Waals surface area contributed by atoms with Gasteiger partial charge in [0, 0.05) is 16.7 Å². The van der Waals surface area contributed by atoms with Crippen molar-refractivity contribution in [2.24, 2.45) is 0 Å². The number of anilines is 1. The van der Waals surface area contributed by atoms with E-state index in [1.54, 1.807) is 6.07 Å². The van der Waals surface area contributed by atoms with Gasteiger partial charge in [-0.15, -0.1) is 0 Å². The van der Waals surface area contributed by atoms with Crippen molar-refractivity contribution in [1.82, 2.24) is 9.55 Å². The molecule has 2 aromatic rings. The van der Waals surface area contributed by atoms with Gasteiger partial charge in [0.05, 0.1) is 29.8 Å². The molecular weight excluding hydrogens is 304 g/mol. The van der Waals surface area contributed by atoms with Gasteiger partial charge >= 0.3 is 0 Å². The molecule has 0 aliphatic carbocycles. The monoisotopic (exact) mass is 318 g/mol. The number of hydrogen-bond acceptors (Lipinski definition) is 3. The van der Waals surface area contributed by atoms with Crippen LogP contribution in [0.1, 0.15) is 31.1 Å². The Bertz CT molecular complexity index is 610. The summed E-state index contributed by atoms with van der Waals surface area (Å²) in [7, 11) is 0. The lowest BCUT2D eigenvalue weighted by Gasteiger charge is -2.13. The van der Waals surface area contributed by atoms with Crippen LogP contribution in [0.15, 0.2) is 35.2 Å². The molecule has 98 valence electrons. The number of hydrogen-bond donors (Lipinski definition) is 1. The van der Waals surface area contributed by atoms with Crippen LogP contribution in [0, 0.1) is 11.3 Å². The van der Waals surface area contributed by atoms with E-state index in [0.717, 1.165) is 15.9 Å². The molecule has 0 bridgehead atoms. The lowest BCUT2D eigenvalue weighted by Crippen LogP contribution is -2.09. The Morgan fingerprint density at radius 1 is 1.47 bits per heavy atom. The Morgan fingerprint density at radius 3 is 2.95 bits per heavy atom. The van der Waals surface area contributed by atoms with Gasteiger partial charge in [-0.2, -0.15) is 5.26 Å². The first-order valence-electron chi connectivity index (χ1n) is 6.06. The summed E-state index contributed by atoms with van der Waals surface area (Å²) in [6.07, 6.45) is 3.67. The number of rotatable bonds is 4. The van der Waals surface area contributed by atoms with E-state index in [0.29, 0.717) is 18.2 Å². The molecule has 1 N–H and O–H groups in total. The quantitative estimate of drug-likeness (QED) is 0.934. The van der Waals surface area contributed by atoms with Crippen molar-refractivity contribution in [3.63, 3.8) is 0 Å². The molecule has 0 aliphatic heterocycles. The lowest BCUT2D eigenvalue weighted by atomic mass is 10.2. The van der Waals surface area contributed by atoms with Crippen LogP contribution < -0.4 is 5.32 Å². The van der Waals surface area contributed by atoms with Crippen molar-refractivity contribution >= 4 is 21.6 Å². The van der Waals surface area contributed by atoms with Gasteiger partial charge in [-0.1, -0.05) is 15.9 Å². The van der Waals surface area contributed by atoms with E-state index in [1.165, 1.54) is 0 Å². The van der Waals surface area contributed by atoms with Gasteiger partial charge in [0.25, 0.3) is 0 Å². The predicted octanol–water partition coefficient (Wildman–Crippen LogP) is 3.71. The molecule has 0 fully saturated rings. The minimum absolute atomic E-state index is 0.372. The van der Waals surface area contributed by atoms with Crippen LogP contribution in [0.2, 0.25) is 0 Å². The number of aromatic nitrogens is 2. The van der Waals surface area contributed by atoms with Crippen molar-refractivity contribution < 1.29 is 0 Å². The summed E-state index contributed by atoms with van der Waals surface area (Å²) < 4.78 is 3.06. The van der Waals surface area contributed by atoms with E-state index < -0.39 is 0 Å². The highest BCUT2D eigenvalue weighted by Crippen LogP contribution is 2.21. The average molecular weight is 319 g/mol. The number of halogens is 1. The van der Waals surface area contributed by atoms with Gasteiger partial charge in [-0.25, -0.2) is 4.98 Å². The van der Waals surface area contributed by atoms with Gasteiger partial charge in [0.1, 0.15) is 6.07 Å². The zero-order chi connectivity index (χ0) is 13.8. The number of nitriles is 1. The van der Waals surface area contributed by atoms with Crippen molar-refractivity contribution in [3.8, 4) is 6.07 Å². The minimum Gasteiger partial charge on any atom is -0.378 e. The molecule has 0 spiro atoms. The molecule has 0 atom stereocenters. The van der Waals surface area contributed by atoms with Crippen molar-refractivity contribution in [1.29, 1.82) is 5.26 Å². The maximum atomic E-state index is 9.09. The van der Waals surface area contributed by atoms with Gasteiger partial charge < -0.3 is 9.88 Å². The summed E-state index contributed by atoms with van der Waals surface area (Å²) in [4.78, 5) is 4.16. The molecule has 0 amide bonds. The number of nitrogens with one attached hydrogen (secondary N) is 1. The Labute approximate surface area is 121 Å². The van der Waals surface area contributed by atoms with Crippen LogP contribution in [0.25, 0.3) is 0 Å². The molecule has 1 aromatic carbocycles. The fourth-order valence-corrected chi connectivity index (χ4v) is 2.24. The van der Waals surface area contributed by atoms with Crippen LogP contribution in [0.3, 0.4) is 0 Å². The molecule has 0 radical (unpaired) electrons. The molecule has 0 aliphatic rings. The first kappa shape index (κ1) is 13.6. The standard InChI is InChI=1S/C14H15BrN4/c1-10(2)19-9-17-7-13(19)8-18-14-5-12(15)4-3-11(14)6-16/h3-5,7,9-10,18H,8H2,1-2H3. The highest BCUT2D eigenvalue weighted by molar-refractivity contribution is 9.10. The second kappa shape index (κ2) is 5.89. The molecule has 5 heteroatoms. The molecular formula is C14H15BrN4. The first-order chi connectivity index (χ1) is 9.11. The molecule has 1 aromatic heterocycles. The number of nitrogens with zero attached hydrogens (tertiary/aromatic N) is 3. The number of benzene rings is 1. The minimum atomic E-state index is 0.372.